The molecule has 46 valence electrons. The molecule has 1 aliphatic heterocycles. The van der Waals surface area contributed by atoms with Crippen LogP contribution in [0.1, 0.15) is 6.42 Å². The van der Waals surface area contributed by atoms with Crippen molar-refractivity contribution in [3.8, 4) is 0 Å². The van der Waals surface area contributed by atoms with Crippen LogP contribution in [0.3, 0.4) is 0 Å². The zero-order valence-corrected chi connectivity index (χ0v) is 6.04. The second-order valence-electron chi connectivity index (χ2n) is 1.49. The number of hydrogen-bond acceptors (Lipinski definition) is 3. The molecule has 1 N–H and O–H groups in total. The second-order valence-corrected chi connectivity index (χ2v) is 4.01. The highest BCUT2D eigenvalue weighted by atomic mass is 32.2. The molecule has 0 aromatic carbocycles. The second kappa shape index (κ2) is 3.43. The Hall–Kier alpha value is 0.400. The largest absolute Gasteiger partial charge is 0.396 e. The van der Waals surface area contributed by atoms with Crippen molar-refractivity contribution in [2.45, 2.75) is 11.0 Å². The van der Waals surface area contributed by atoms with Crippen LogP contribution in [0.5, 0.6) is 0 Å². The van der Waals surface area contributed by atoms with Gasteiger partial charge in [-0.3, -0.25) is 0 Å². The minimum Gasteiger partial charge on any atom is -0.396 e. The molecule has 0 bridgehead atoms. The van der Waals surface area contributed by atoms with Gasteiger partial charge in [0.25, 0.3) is 0 Å². The molecule has 0 aromatic heterocycles. The minimum absolute atomic E-state index is 0.312. The summed E-state index contributed by atoms with van der Waals surface area (Å²) in [5, 5.41) is 12.6. The van der Waals surface area contributed by atoms with Crippen LogP contribution >= 0.6 is 23.5 Å². The van der Waals surface area contributed by atoms with Gasteiger partial charge in [-0.2, -0.15) is 0 Å². The van der Waals surface area contributed by atoms with Gasteiger partial charge in [0.2, 0.25) is 0 Å². The molecule has 0 saturated heterocycles. The lowest BCUT2D eigenvalue weighted by atomic mass is 10.5. The molecule has 0 fully saturated rings. The fourth-order valence-electron chi connectivity index (χ4n) is 0.513. The van der Waals surface area contributed by atoms with Crippen LogP contribution in [0.25, 0.3) is 0 Å². The van der Waals surface area contributed by atoms with Crippen LogP contribution in [0, 0.1) is 0 Å². The molecular formula is C5H8OS2. The van der Waals surface area contributed by atoms with Crippen molar-refractivity contribution in [3.05, 3.63) is 10.8 Å². The summed E-state index contributed by atoms with van der Waals surface area (Å²) in [6, 6.07) is 0. The molecule has 8 heavy (non-hydrogen) atoms. The average Bonchev–Trinajstić information content (AvgIpc) is 2.19. The number of aliphatic hydroxyl groups excluding tert-OH is 1. The molecule has 0 amide bonds. The molecule has 0 unspecified atom stereocenters. The van der Waals surface area contributed by atoms with E-state index in [4.69, 9.17) is 5.11 Å². The van der Waals surface area contributed by atoms with Crippen LogP contribution in [0.2, 0.25) is 0 Å². The highest BCUT2D eigenvalue weighted by Gasteiger charge is 2.09. The summed E-state index contributed by atoms with van der Waals surface area (Å²) in [5.74, 6) is 0. The Bertz CT molecular complexity index is 84.4. The Balaban J connectivity index is 2.10. The van der Waals surface area contributed by atoms with E-state index in [2.05, 4.69) is 10.8 Å². The van der Waals surface area contributed by atoms with E-state index in [1.54, 1.807) is 23.5 Å². The first kappa shape index (κ1) is 6.52. The molecule has 1 aliphatic rings. The Morgan fingerprint density at radius 1 is 1.38 bits per heavy atom. The molecule has 0 atom stereocenters. The summed E-state index contributed by atoms with van der Waals surface area (Å²) in [5.41, 5.74) is 0. The number of hydrogen-bond donors (Lipinski definition) is 1. The maximum absolute atomic E-state index is 8.47. The van der Waals surface area contributed by atoms with E-state index < -0.39 is 0 Å². The van der Waals surface area contributed by atoms with E-state index in [0.717, 1.165) is 6.42 Å². The van der Waals surface area contributed by atoms with Crippen molar-refractivity contribution in [3.63, 3.8) is 0 Å². The van der Waals surface area contributed by atoms with Gasteiger partial charge in [0.1, 0.15) is 0 Å². The zero-order valence-electron chi connectivity index (χ0n) is 4.41. The highest BCUT2D eigenvalue weighted by molar-refractivity contribution is 8.22. The van der Waals surface area contributed by atoms with E-state index in [1.807, 2.05) is 0 Å². The predicted molar refractivity (Wildman–Crippen MR) is 39.8 cm³/mol. The van der Waals surface area contributed by atoms with E-state index in [-0.39, 0.29) is 0 Å². The molecule has 1 nitrogen and oxygen atoms in total. The van der Waals surface area contributed by atoms with E-state index in [9.17, 15) is 0 Å². The highest BCUT2D eigenvalue weighted by Crippen LogP contribution is 2.34. The lowest BCUT2D eigenvalue weighted by molar-refractivity contribution is 0.294. The third-order valence-electron chi connectivity index (χ3n) is 0.881. The van der Waals surface area contributed by atoms with E-state index >= 15 is 0 Å². The van der Waals surface area contributed by atoms with Crippen molar-refractivity contribution in [2.24, 2.45) is 0 Å². The van der Waals surface area contributed by atoms with Gasteiger partial charge < -0.3 is 5.11 Å². The molecule has 1 rings (SSSR count). The summed E-state index contributed by atoms with van der Waals surface area (Å²) >= 11 is 3.58. The summed E-state index contributed by atoms with van der Waals surface area (Å²) in [7, 11) is 0. The van der Waals surface area contributed by atoms with Crippen molar-refractivity contribution in [2.75, 3.05) is 6.61 Å². The van der Waals surface area contributed by atoms with Crippen LogP contribution in [-0.4, -0.2) is 16.3 Å². The molecule has 0 radical (unpaired) electrons. The molecule has 0 aromatic rings. The van der Waals surface area contributed by atoms with Gasteiger partial charge in [-0.1, -0.05) is 0 Å². The van der Waals surface area contributed by atoms with E-state index in [1.165, 1.54) is 0 Å². The van der Waals surface area contributed by atoms with Gasteiger partial charge in [-0.15, -0.1) is 23.5 Å². The van der Waals surface area contributed by atoms with Crippen LogP contribution < -0.4 is 0 Å². The molecule has 3 heteroatoms. The smallest absolute Gasteiger partial charge is 0.0607 e. The van der Waals surface area contributed by atoms with Crippen molar-refractivity contribution >= 4 is 23.5 Å². The first-order valence-electron chi connectivity index (χ1n) is 2.50. The van der Waals surface area contributed by atoms with Crippen LogP contribution in [-0.2, 0) is 0 Å². The van der Waals surface area contributed by atoms with Crippen LogP contribution in [0.15, 0.2) is 10.8 Å². The van der Waals surface area contributed by atoms with Gasteiger partial charge in [-0.25, -0.2) is 0 Å². The predicted octanol–water partition coefficient (Wildman–Crippen LogP) is 1.65. The molecule has 0 aliphatic carbocycles. The minimum atomic E-state index is 0.312. The first-order valence-corrected chi connectivity index (χ1v) is 4.39. The number of aliphatic hydroxyl groups is 1. The Morgan fingerprint density at radius 2 is 2.00 bits per heavy atom. The monoisotopic (exact) mass is 148 g/mol. The SMILES string of the molecule is OCCC1SC=CS1. The maximum Gasteiger partial charge on any atom is 0.0607 e. The fourth-order valence-corrected chi connectivity index (χ4v) is 2.50. The fraction of sp³-hybridized carbons (Fsp3) is 0.600. The summed E-state index contributed by atoms with van der Waals surface area (Å²) in [4.78, 5) is 0. The van der Waals surface area contributed by atoms with Gasteiger partial charge >= 0.3 is 0 Å². The molecule has 1 heterocycles. The third-order valence-corrected chi connectivity index (χ3v) is 3.38. The van der Waals surface area contributed by atoms with Crippen molar-refractivity contribution in [1.29, 1.82) is 0 Å². The average molecular weight is 148 g/mol. The summed E-state index contributed by atoms with van der Waals surface area (Å²) < 4.78 is 0.583. The lowest BCUT2D eigenvalue weighted by Gasteiger charge is -2.01. The Kier molecular flexibility index (Phi) is 2.80. The van der Waals surface area contributed by atoms with Gasteiger partial charge in [0.05, 0.1) is 4.58 Å². The number of rotatable bonds is 2. The Morgan fingerprint density at radius 3 is 2.50 bits per heavy atom. The van der Waals surface area contributed by atoms with Crippen molar-refractivity contribution in [1.82, 2.24) is 0 Å². The van der Waals surface area contributed by atoms with Gasteiger partial charge in [-0.05, 0) is 17.2 Å². The maximum atomic E-state index is 8.47. The molecule has 0 spiro atoms. The Labute approximate surface area is 57.5 Å². The third kappa shape index (κ3) is 1.73. The van der Waals surface area contributed by atoms with E-state index in [0.29, 0.717) is 11.2 Å². The normalized spacial score (nSPS) is 20.1. The molecule has 0 saturated carbocycles. The molecular weight excluding hydrogens is 140 g/mol. The lowest BCUT2D eigenvalue weighted by Crippen LogP contribution is -1.94. The van der Waals surface area contributed by atoms with Gasteiger partial charge in [0.15, 0.2) is 0 Å². The topological polar surface area (TPSA) is 20.2 Å². The first-order chi connectivity index (χ1) is 3.93. The number of thioether (sulfide) groups is 2. The van der Waals surface area contributed by atoms with Crippen molar-refractivity contribution < 1.29 is 5.11 Å². The summed E-state index contributed by atoms with van der Waals surface area (Å²) in [6.45, 7) is 0.312. The standard InChI is InChI=1S/C5H8OS2/c6-2-1-5-7-3-4-8-5/h3-6H,1-2H2. The van der Waals surface area contributed by atoms with Crippen LogP contribution in [0.4, 0.5) is 0 Å². The zero-order chi connectivity index (χ0) is 5.82. The van der Waals surface area contributed by atoms with Gasteiger partial charge in [0, 0.05) is 6.61 Å². The summed E-state index contributed by atoms with van der Waals surface area (Å²) in [6.07, 6.45) is 0.905. The quantitative estimate of drug-likeness (QED) is 0.643.